The Balaban J connectivity index is 1.64. The lowest BCUT2D eigenvalue weighted by molar-refractivity contribution is -0.0244. The minimum Gasteiger partial charge on any atom is -0.396 e. The fraction of sp³-hybridized carbons (Fsp3) is 1.00. The third kappa shape index (κ3) is 2.45. The van der Waals surface area contributed by atoms with E-state index in [4.69, 9.17) is 5.11 Å². The fourth-order valence-electron chi connectivity index (χ4n) is 4.66. The molecule has 1 unspecified atom stereocenters. The summed E-state index contributed by atoms with van der Waals surface area (Å²) in [6.45, 7) is 4.29. The average molecular weight is 252 g/mol. The average Bonchev–Trinajstić information content (AvgIpc) is 2.42. The Labute approximate surface area is 111 Å². The molecule has 3 heteroatoms. The van der Waals surface area contributed by atoms with E-state index < -0.39 is 0 Å². The first-order valence-electron chi connectivity index (χ1n) is 7.98. The predicted molar refractivity (Wildman–Crippen MR) is 73.5 cm³/mol. The van der Waals surface area contributed by atoms with Crippen molar-refractivity contribution in [3.63, 3.8) is 0 Å². The molecule has 0 bridgehead atoms. The maximum Gasteiger partial charge on any atom is 0.0431 e. The summed E-state index contributed by atoms with van der Waals surface area (Å²) in [5, 5.41) is 12.8. The maximum absolute atomic E-state index is 8.93. The third-order valence-corrected chi connectivity index (χ3v) is 5.43. The summed E-state index contributed by atoms with van der Waals surface area (Å²) in [6.07, 6.45) is 9.09. The van der Waals surface area contributed by atoms with Gasteiger partial charge in [0.25, 0.3) is 0 Å². The molecule has 0 aliphatic carbocycles. The number of hydrogen-bond acceptors (Lipinski definition) is 3. The normalized spacial score (nSPS) is 40.5. The summed E-state index contributed by atoms with van der Waals surface area (Å²) < 4.78 is 0. The molecule has 0 aromatic rings. The number of unbranched alkanes of at least 4 members (excludes halogenated alkanes) is 1. The van der Waals surface area contributed by atoms with Crippen LogP contribution in [0.4, 0.5) is 0 Å². The number of aliphatic hydroxyl groups excluding tert-OH is 1. The quantitative estimate of drug-likeness (QED) is 0.746. The maximum atomic E-state index is 8.93. The van der Waals surface area contributed by atoms with E-state index in [1.165, 1.54) is 58.2 Å². The summed E-state index contributed by atoms with van der Waals surface area (Å²) in [5.41, 5.74) is 0. The van der Waals surface area contributed by atoms with Crippen LogP contribution >= 0.6 is 0 Å². The van der Waals surface area contributed by atoms with Crippen molar-refractivity contribution in [3.8, 4) is 0 Å². The molecule has 0 saturated carbocycles. The van der Waals surface area contributed by atoms with Crippen LogP contribution in [-0.4, -0.2) is 48.3 Å². The number of nitrogens with zero attached hydrogens (tertiary/aromatic N) is 1. The zero-order chi connectivity index (χ0) is 12.4. The van der Waals surface area contributed by atoms with E-state index in [0.29, 0.717) is 6.61 Å². The first-order valence-corrected chi connectivity index (χ1v) is 7.98. The molecule has 3 aliphatic heterocycles. The highest BCUT2D eigenvalue weighted by atomic mass is 16.2. The van der Waals surface area contributed by atoms with E-state index in [-0.39, 0.29) is 0 Å². The highest BCUT2D eigenvalue weighted by molar-refractivity contribution is 5.01. The molecule has 4 atom stereocenters. The van der Waals surface area contributed by atoms with E-state index in [0.717, 1.165) is 30.3 Å². The van der Waals surface area contributed by atoms with Crippen molar-refractivity contribution >= 4 is 0 Å². The Morgan fingerprint density at radius 2 is 1.94 bits per heavy atom. The topological polar surface area (TPSA) is 35.5 Å². The minimum atomic E-state index is 0.357. The van der Waals surface area contributed by atoms with Crippen LogP contribution < -0.4 is 5.32 Å². The lowest BCUT2D eigenvalue weighted by Gasteiger charge is -2.54. The first-order chi connectivity index (χ1) is 8.90. The highest BCUT2D eigenvalue weighted by Gasteiger charge is 2.44. The van der Waals surface area contributed by atoms with Crippen LogP contribution in [0.2, 0.25) is 0 Å². The number of piperidine rings is 3. The zero-order valence-electron chi connectivity index (χ0n) is 11.5. The summed E-state index contributed by atoms with van der Waals surface area (Å²) in [6, 6.07) is 1.60. The molecule has 0 aromatic heterocycles. The van der Waals surface area contributed by atoms with E-state index >= 15 is 0 Å². The standard InChI is InChI=1S/C15H28N2O/c18-10-2-1-7-14-13-6-4-9-17-8-3-5-12(11-16-14)15(13)17/h12-16,18H,1-11H2/t12-,13+,14?,15-/m0/s1. The van der Waals surface area contributed by atoms with Crippen LogP contribution in [0, 0.1) is 11.8 Å². The number of aliphatic hydroxyl groups is 1. The minimum absolute atomic E-state index is 0.357. The molecule has 3 aliphatic rings. The number of hydrogen-bond donors (Lipinski definition) is 2. The van der Waals surface area contributed by atoms with Crippen LogP contribution in [0.1, 0.15) is 44.9 Å². The van der Waals surface area contributed by atoms with Crippen LogP contribution in [0.5, 0.6) is 0 Å². The molecule has 0 amide bonds. The largest absolute Gasteiger partial charge is 0.396 e. The van der Waals surface area contributed by atoms with Gasteiger partial charge in [-0.15, -0.1) is 0 Å². The summed E-state index contributed by atoms with van der Waals surface area (Å²) >= 11 is 0. The second-order valence-electron chi connectivity index (χ2n) is 6.47. The highest BCUT2D eigenvalue weighted by Crippen LogP contribution is 2.39. The Morgan fingerprint density at radius 3 is 2.78 bits per heavy atom. The molecule has 3 heterocycles. The molecule has 18 heavy (non-hydrogen) atoms. The van der Waals surface area contributed by atoms with E-state index in [1.807, 2.05) is 0 Å². The fourth-order valence-corrected chi connectivity index (χ4v) is 4.66. The second-order valence-corrected chi connectivity index (χ2v) is 6.47. The van der Waals surface area contributed by atoms with Gasteiger partial charge in [-0.1, -0.05) is 0 Å². The summed E-state index contributed by atoms with van der Waals surface area (Å²) in [7, 11) is 0. The van der Waals surface area contributed by atoms with Gasteiger partial charge in [-0.2, -0.15) is 0 Å². The molecule has 0 spiro atoms. The summed E-state index contributed by atoms with van der Waals surface area (Å²) in [5.74, 6) is 1.80. The van der Waals surface area contributed by atoms with E-state index in [2.05, 4.69) is 10.2 Å². The third-order valence-electron chi connectivity index (χ3n) is 5.43. The van der Waals surface area contributed by atoms with Crippen molar-refractivity contribution in [2.75, 3.05) is 26.2 Å². The van der Waals surface area contributed by atoms with Crippen molar-refractivity contribution in [3.05, 3.63) is 0 Å². The van der Waals surface area contributed by atoms with Gasteiger partial charge in [0.1, 0.15) is 0 Å². The van der Waals surface area contributed by atoms with Crippen molar-refractivity contribution in [2.24, 2.45) is 11.8 Å². The lowest BCUT2D eigenvalue weighted by Crippen LogP contribution is -2.63. The van der Waals surface area contributed by atoms with Gasteiger partial charge in [0.05, 0.1) is 0 Å². The van der Waals surface area contributed by atoms with Crippen molar-refractivity contribution in [1.82, 2.24) is 10.2 Å². The first kappa shape index (κ1) is 12.9. The van der Waals surface area contributed by atoms with Gasteiger partial charge in [0, 0.05) is 18.7 Å². The Hall–Kier alpha value is -0.120. The molecular weight excluding hydrogens is 224 g/mol. The zero-order valence-corrected chi connectivity index (χ0v) is 11.5. The van der Waals surface area contributed by atoms with Crippen LogP contribution in [-0.2, 0) is 0 Å². The van der Waals surface area contributed by atoms with Crippen molar-refractivity contribution in [2.45, 2.75) is 57.0 Å². The second kappa shape index (κ2) is 5.89. The van der Waals surface area contributed by atoms with Gasteiger partial charge in [-0.3, -0.25) is 4.90 Å². The van der Waals surface area contributed by atoms with Gasteiger partial charge < -0.3 is 10.4 Å². The number of nitrogens with one attached hydrogen (secondary N) is 1. The van der Waals surface area contributed by atoms with E-state index in [1.54, 1.807) is 0 Å². The SMILES string of the molecule is OCCCCC1NC[C@@H]2CCCN3CCC[C@H]1[C@H]23. The van der Waals surface area contributed by atoms with Crippen LogP contribution in [0.25, 0.3) is 0 Å². The molecular formula is C15H28N2O. The Kier molecular flexibility index (Phi) is 4.22. The lowest BCUT2D eigenvalue weighted by atomic mass is 9.70. The van der Waals surface area contributed by atoms with Gasteiger partial charge >= 0.3 is 0 Å². The van der Waals surface area contributed by atoms with Gasteiger partial charge in [-0.25, -0.2) is 0 Å². The Morgan fingerprint density at radius 1 is 1.11 bits per heavy atom. The van der Waals surface area contributed by atoms with E-state index in [9.17, 15) is 0 Å². The molecule has 3 nitrogen and oxygen atoms in total. The van der Waals surface area contributed by atoms with Crippen LogP contribution in [0.15, 0.2) is 0 Å². The monoisotopic (exact) mass is 252 g/mol. The van der Waals surface area contributed by atoms with Crippen molar-refractivity contribution < 1.29 is 5.11 Å². The van der Waals surface area contributed by atoms with Gasteiger partial charge in [0.2, 0.25) is 0 Å². The Bertz CT molecular complexity index is 260. The summed E-state index contributed by atoms with van der Waals surface area (Å²) in [4.78, 5) is 2.79. The molecule has 3 rings (SSSR count). The number of rotatable bonds is 4. The van der Waals surface area contributed by atoms with Crippen LogP contribution in [0.3, 0.4) is 0 Å². The smallest absolute Gasteiger partial charge is 0.0431 e. The van der Waals surface area contributed by atoms with Gasteiger partial charge in [-0.05, 0) is 76.4 Å². The molecule has 3 fully saturated rings. The molecule has 0 aromatic carbocycles. The molecule has 104 valence electrons. The van der Waals surface area contributed by atoms with Crippen molar-refractivity contribution in [1.29, 1.82) is 0 Å². The molecule has 0 radical (unpaired) electrons. The molecule has 3 saturated heterocycles. The predicted octanol–water partition coefficient (Wildman–Crippen LogP) is 1.61. The van der Waals surface area contributed by atoms with Gasteiger partial charge in [0.15, 0.2) is 0 Å². The molecule has 2 N–H and O–H groups in total.